The molecule has 210 valence electrons. The van der Waals surface area contributed by atoms with Gasteiger partial charge in [-0.25, -0.2) is 19.2 Å². The maximum absolute atomic E-state index is 14.6. The Hall–Kier alpha value is -5.43. The van der Waals surface area contributed by atoms with Crippen molar-refractivity contribution in [3.8, 4) is 33.8 Å². The van der Waals surface area contributed by atoms with Crippen molar-refractivity contribution in [2.75, 3.05) is 44.4 Å². The van der Waals surface area contributed by atoms with Crippen LogP contribution < -0.4 is 11.2 Å². The van der Waals surface area contributed by atoms with Gasteiger partial charge in [-0.2, -0.15) is 4.79 Å². The molecule has 7 rings (SSSR count). The van der Waals surface area contributed by atoms with Gasteiger partial charge in [-0.15, -0.1) is 5.10 Å². The minimum atomic E-state index is -0.363. The molecule has 13 heteroatoms. The zero-order valence-corrected chi connectivity index (χ0v) is 22.6. The SMILES string of the molecule is CN1CCN(C(=O)Nc2cncc(-c3cnc4c(c3)c(-c3nc5c(-c6ccccc6F)cncc5[nH]3)nn4N)c2)CC1. The number of carbonyl (C=O) groups excluding carboxylic acids is 1. The maximum atomic E-state index is 14.6. The molecule has 1 aromatic carbocycles. The number of H-pyrrole nitrogens is 1. The second-order valence-electron chi connectivity index (χ2n) is 10.2. The number of rotatable bonds is 4. The fraction of sp³-hybridized carbons (Fsp3) is 0.172. The van der Waals surface area contributed by atoms with Crippen molar-refractivity contribution >= 4 is 33.8 Å². The number of nitrogens with two attached hydrogens (primary N) is 1. The van der Waals surface area contributed by atoms with Crippen molar-refractivity contribution in [3.05, 3.63) is 73.2 Å². The van der Waals surface area contributed by atoms with Gasteiger partial charge in [-0.05, 0) is 25.2 Å². The van der Waals surface area contributed by atoms with E-state index in [1.165, 1.54) is 10.9 Å². The highest BCUT2D eigenvalue weighted by atomic mass is 19.1. The molecule has 6 heterocycles. The van der Waals surface area contributed by atoms with E-state index in [9.17, 15) is 9.18 Å². The summed E-state index contributed by atoms with van der Waals surface area (Å²) in [6, 6.07) is 10.1. The van der Waals surface area contributed by atoms with Crippen LogP contribution in [0.5, 0.6) is 0 Å². The van der Waals surface area contributed by atoms with E-state index in [1.54, 1.807) is 54.1 Å². The monoisotopic (exact) mass is 563 g/mol. The number of fused-ring (bicyclic) bond motifs is 2. The molecule has 0 unspecified atom stereocenters. The molecule has 12 nitrogen and oxygen atoms in total. The van der Waals surface area contributed by atoms with Crippen molar-refractivity contribution in [2.24, 2.45) is 0 Å². The number of amides is 2. The largest absolute Gasteiger partial charge is 0.335 e. The summed E-state index contributed by atoms with van der Waals surface area (Å²) < 4.78 is 14.6. The number of aromatic amines is 1. The summed E-state index contributed by atoms with van der Waals surface area (Å²) in [5.74, 6) is 6.24. The summed E-state index contributed by atoms with van der Waals surface area (Å²) in [4.78, 5) is 39.2. The minimum absolute atomic E-state index is 0.156. The number of benzene rings is 1. The topological polar surface area (TPSA) is 147 Å². The summed E-state index contributed by atoms with van der Waals surface area (Å²) in [6.45, 7) is 3.00. The first-order valence-electron chi connectivity index (χ1n) is 13.4. The second kappa shape index (κ2) is 10.2. The molecule has 1 saturated heterocycles. The molecule has 1 aliphatic rings. The highest BCUT2D eigenvalue weighted by Crippen LogP contribution is 2.33. The van der Waals surface area contributed by atoms with Crippen LogP contribution in [0, 0.1) is 5.82 Å². The predicted octanol–water partition coefficient (Wildman–Crippen LogP) is 3.73. The van der Waals surface area contributed by atoms with Crippen LogP contribution in [0.3, 0.4) is 0 Å². The van der Waals surface area contributed by atoms with Gasteiger partial charge in [0, 0.05) is 67.0 Å². The summed E-state index contributed by atoms with van der Waals surface area (Å²) in [5, 5.41) is 8.09. The molecule has 2 amide bonds. The smallest absolute Gasteiger partial charge is 0.321 e. The van der Waals surface area contributed by atoms with Gasteiger partial charge >= 0.3 is 6.03 Å². The minimum Gasteiger partial charge on any atom is -0.335 e. The Morgan fingerprint density at radius 2 is 1.76 bits per heavy atom. The van der Waals surface area contributed by atoms with Crippen LogP contribution >= 0.6 is 0 Å². The predicted molar refractivity (Wildman–Crippen MR) is 157 cm³/mol. The van der Waals surface area contributed by atoms with Gasteiger partial charge in [0.15, 0.2) is 11.5 Å². The van der Waals surface area contributed by atoms with Crippen molar-refractivity contribution in [3.63, 3.8) is 0 Å². The van der Waals surface area contributed by atoms with Crippen LogP contribution in [0.2, 0.25) is 0 Å². The molecule has 0 bridgehead atoms. The van der Waals surface area contributed by atoms with E-state index >= 15 is 0 Å². The third-order valence-corrected chi connectivity index (χ3v) is 7.44. The Morgan fingerprint density at radius 3 is 2.60 bits per heavy atom. The van der Waals surface area contributed by atoms with Gasteiger partial charge in [0.25, 0.3) is 0 Å². The number of hydrogen-bond donors (Lipinski definition) is 3. The van der Waals surface area contributed by atoms with E-state index in [1.807, 2.05) is 19.2 Å². The second-order valence-corrected chi connectivity index (χ2v) is 10.2. The standard InChI is InChI=1S/C29H26FN11O/c1-39-6-8-40(9-7-39)29(42)35-19-10-17(12-32-14-19)18-11-21-26(38-41(31)28(21)34-13-18)27-36-24-16-33-15-22(25(24)37-27)20-4-2-3-5-23(20)30/h2-5,10-16H,6-9,31H2,1H3,(H,35,42)(H,36,37). The number of nitrogen functional groups attached to an aromatic ring is 1. The summed E-state index contributed by atoms with van der Waals surface area (Å²) in [5.41, 5.74) is 5.17. The molecular weight excluding hydrogens is 537 g/mol. The zero-order chi connectivity index (χ0) is 28.8. The number of pyridine rings is 3. The number of urea groups is 1. The van der Waals surface area contributed by atoms with Crippen molar-refractivity contribution in [2.45, 2.75) is 0 Å². The van der Waals surface area contributed by atoms with Crippen molar-refractivity contribution in [1.82, 2.24) is 44.6 Å². The van der Waals surface area contributed by atoms with Crippen LogP contribution in [-0.2, 0) is 0 Å². The Bertz CT molecular complexity index is 1960. The number of carbonyl (C=O) groups is 1. The third-order valence-electron chi connectivity index (χ3n) is 7.44. The Kier molecular flexibility index (Phi) is 6.20. The van der Waals surface area contributed by atoms with E-state index in [-0.39, 0.29) is 11.8 Å². The highest BCUT2D eigenvalue weighted by molar-refractivity contribution is 5.97. The van der Waals surface area contributed by atoms with Crippen molar-refractivity contribution < 1.29 is 9.18 Å². The van der Waals surface area contributed by atoms with Crippen LogP contribution in [0.4, 0.5) is 14.9 Å². The normalized spacial score (nSPS) is 14.1. The molecular formula is C29H26FN11O. The van der Waals surface area contributed by atoms with Gasteiger partial charge in [0.05, 0.1) is 29.0 Å². The summed E-state index contributed by atoms with van der Waals surface area (Å²) in [6.07, 6.45) is 8.22. The summed E-state index contributed by atoms with van der Waals surface area (Å²) >= 11 is 0. The molecule has 6 aromatic rings. The molecule has 5 aromatic heterocycles. The van der Waals surface area contributed by atoms with Gasteiger partial charge in [-0.1, -0.05) is 18.2 Å². The van der Waals surface area contributed by atoms with Gasteiger partial charge in [0.2, 0.25) is 0 Å². The van der Waals surface area contributed by atoms with E-state index in [2.05, 4.69) is 35.3 Å². The molecule has 0 spiro atoms. The number of likely N-dealkylation sites (N-methyl/N-ethyl adjacent to an activating group) is 1. The average Bonchev–Trinajstić information content (AvgIpc) is 3.58. The lowest BCUT2D eigenvalue weighted by Crippen LogP contribution is -2.48. The van der Waals surface area contributed by atoms with Crippen LogP contribution in [0.25, 0.3) is 55.8 Å². The lowest BCUT2D eigenvalue weighted by atomic mass is 10.1. The number of aromatic nitrogens is 7. The Balaban J connectivity index is 1.24. The quantitative estimate of drug-likeness (QED) is 0.275. The number of hydrogen-bond acceptors (Lipinski definition) is 8. The lowest BCUT2D eigenvalue weighted by Gasteiger charge is -2.32. The van der Waals surface area contributed by atoms with Crippen LogP contribution in [0.1, 0.15) is 0 Å². The molecule has 1 fully saturated rings. The van der Waals surface area contributed by atoms with E-state index in [0.29, 0.717) is 63.5 Å². The highest BCUT2D eigenvalue weighted by Gasteiger charge is 2.21. The average molecular weight is 564 g/mol. The van der Waals surface area contributed by atoms with Gasteiger partial charge < -0.3 is 25.9 Å². The van der Waals surface area contributed by atoms with E-state index in [4.69, 9.17) is 10.8 Å². The fourth-order valence-electron chi connectivity index (χ4n) is 5.16. The number of anilines is 1. The number of nitrogens with one attached hydrogen (secondary N) is 2. The van der Waals surface area contributed by atoms with Gasteiger partial charge in [0.1, 0.15) is 17.0 Å². The maximum Gasteiger partial charge on any atom is 0.321 e. The van der Waals surface area contributed by atoms with E-state index < -0.39 is 0 Å². The Morgan fingerprint density at radius 1 is 0.976 bits per heavy atom. The molecule has 0 aliphatic carbocycles. The number of piperazine rings is 1. The third kappa shape index (κ3) is 4.55. The molecule has 1 aliphatic heterocycles. The first-order chi connectivity index (χ1) is 20.4. The first-order valence-corrected chi connectivity index (χ1v) is 13.4. The summed E-state index contributed by atoms with van der Waals surface area (Å²) in [7, 11) is 2.04. The molecule has 42 heavy (non-hydrogen) atoms. The van der Waals surface area contributed by atoms with Crippen molar-refractivity contribution in [1.29, 1.82) is 0 Å². The number of nitrogens with zero attached hydrogens (tertiary/aromatic N) is 8. The van der Waals surface area contributed by atoms with Crippen LogP contribution in [0.15, 0.2) is 67.4 Å². The number of halogens is 1. The molecule has 4 N–H and O–H groups in total. The molecule has 0 atom stereocenters. The fourth-order valence-corrected chi connectivity index (χ4v) is 5.16. The van der Waals surface area contributed by atoms with Crippen LogP contribution in [-0.4, -0.2) is 83.9 Å². The zero-order valence-electron chi connectivity index (χ0n) is 22.6. The Labute approximate surface area is 239 Å². The number of imidazole rings is 1. The molecule has 0 saturated carbocycles. The van der Waals surface area contributed by atoms with E-state index in [0.717, 1.165) is 24.2 Å². The first kappa shape index (κ1) is 25.5. The van der Waals surface area contributed by atoms with Gasteiger partial charge in [-0.3, -0.25) is 9.97 Å². The molecule has 0 radical (unpaired) electrons. The lowest BCUT2D eigenvalue weighted by molar-refractivity contribution is 0.164.